The maximum Gasteiger partial charge on any atom is 0.410 e. The second kappa shape index (κ2) is 11.3. The number of rotatable bonds is 5. The topological polar surface area (TPSA) is 75.2 Å². The van der Waals surface area contributed by atoms with E-state index in [1.807, 2.05) is 63.4 Å². The van der Waals surface area contributed by atoms with Gasteiger partial charge < -0.3 is 19.3 Å². The number of nitrogens with zero attached hydrogens (tertiary/aromatic N) is 4. The van der Waals surface area contributed by atoms with Crippen LogP contribution in [0.15, 0.2) is 48.7 Å². The van der Waals surface area contributed by atoms with Gasteiger partial charge >= 0.3 is 12.2 Å². The first-order valence-electron chi connectivity index (χ1n) is 12.8. The number of hydrogen-bond donors (Lipinski definition) is 0. The van der Waals surface area contributed by atoms with Gasteiger partial charge in [0.25, 0.3) is 0 Å². The van der Waals surface area contributed by atoms with Gasteiger partial charge in [0, 0.05) is 32.4 Å². The van der Waals surface area contributed by atoms with Gasteiger partial charge in [0.1, 0.15) is 12.2 Å². The molecule has 1 aromatic carbocycles. The third kappa shape index (κ3) is 6.55. The molecule has 2 atom stereocenters. The lowest BCUT2D eigenvalue weighted by Crippen LogP contribution is -2.60. The van der Waals surface area contributed by atoms with Crippen LogP contribution in [0.3, 0.4) is 0 Å². The van der Waals surface area contributed by atoms with E-state index in [9.17, 15) is 9.59 Å². The molecule has 0 spiro atoms. The van der Waals surface area contributed by atoms with Gasteiger partial charge in [-0.2, -0.15) is 0 Å². The normalized spacial score (nSPS) is 20.1. The van der Waals surface area contributed by atoms with Crippen molar-refractivity contribution in [2.24, 2.45) is 0 Å². The fourth-order valence-electron chi connectivity index (χ4n) is 5.02. The molecule has 2 amide bonds. The molecule has 1 fully saturated rings. The number of ether oxygens (including phenoxy) is 2. The Morgan fingerprint density at radius 2 is 1.86 bits per heavy atom. The number of pyridine rings is 1. The van der Waals surface area contributed by atoms with Crippen LogP contribution in [0.5, 0.6) is 0 Å². The highest BCUT2D eigenvalue weighted by molar-refractivity contribution is 5.71. The average Bonchev–Trinajstić information content (AvgIpc) is 2.86. The Morgan fingerprint density at radius 3 is 2.61 bits per heavy atom. The summed E-state index contributed by atoms with van der Waals surface area (Å²) in [6.45, 7) is 7.59. The minimum atomic E-state index is -0.577. The zero-order valence-corrected chi connectivity index (χ0v) is 21.9. The summed E-state index contributed by atoms with van der Waals surface area (Å²) >= 11 is 0. The number of carbonyl (C=O) groups is 2. The molecule has 4 rings (SSSR count). The van der Waals surface area contributed by atoms with Gasteiger partial charge in [-0.25, -0.2) is 9.59 Å². The molecule has 2 heterocycles. The van der Waals surface area contributed by atoms with E-state index in [0.717, 1.165) is 30.5 Å². The second-order valence-electron chi connectivity index (χ2n) is 10.7. The molecule has 0 saturated carbocycles. The molecular formula is C28H38N4O4. The summed E-state index contributed by atoms with van der Waals surface area (Å²) in [5.41, 5.74) is 2.77. The van der Waals surface area contributed by atoms with Crippen molar-refractivity contribution in [3.05, 3.63) is 65.5 Å². The first kappa shape index (κ1) is 25.9. The van der Waals surface area contributed by atoms with E-state index in [0.29, 0.717) is 26.2 Å². The molecule has 36 heavy (non-hydrogen) atoms. The van der Waals surface area contributed by atoms with E-state index < -0.39 is 5.60 Å². The van der Waals surface area contributed by atoms with Crippen molar-refractivity contribution in [1.82, 2.24) is 19.7 Å². The standard InChI is InChI=1S/C28H38N4O4/c1-28(2,3)36-26(33)31-16-17-32(27(34)35-20-21-10-6-5-7-11-21)23(19-31)18-30(4)24-14-8-12-22-13-9-15-29-25(22)24/h5-7,9-11,13,15,23-24H,8,12,14,16-20H2,1-4H3/t23?,24-/m0/s1. The Kier molecular flexibility index (Phi) is 8.14. The molecule has 1 aliphatic carbocycles. The maximum atomic E-state index is 13.2. The highest BCUT2D eigenvalue weighted by Crippen LogP contribution is 2.32. The first-order chi connectivity index (χ1) is 17.2. The molecule has 1 aliphatic heterocycles. The molecule has 2 aliphatic rings. The number of amides is 2. The summed E-state index contributed by atoms with van der Waals surface area (Å²) < 4.78 is 11.3. The Hall–Kier alpha value is -3.13. The monoisotopic (exact) mass is 494 g/mol. The Morgan fingerprint density at radius 1 is 1.08 bits per heavy atom. The second-order valence-corrected chi connectivity index (χ2v) is 10.7. The van der Waals surface area contributed by atoms with Crippen molar-refractivity contribution in [3.63, 3.8) is 0 Å². The fourth-order valence-corrected chi connectivity index (χ4v) is 5.02. The van der Waals surface area contributed by atoms with E-state index in [4.69, 9.17) is 9.47 Å². The highest BCUT2D eigenvalue weighted by Gasteiger charge is 2.37. The molecule has 0 radical (unpaired) electrons. The van der Waals surface area contributed by atoms with Gasteiger partial charge in [-0.15, -0.1) is 0 Å². The molecule has 8 nitrogen and oxygen atoms in total. The van der Waals surface area contributed by atoms with Crippen molar-refractivity contribution < 1.29 is 19.1 Å². The lowest BCUT2D eigenvalue weighted by molar-refractivity contribution is -0.00480. The van der Waals surface area contributed by atoms with Gasteiger partial charge in [0.05, 0.1) is 17.8 Å². The maximum absolute atomic E-state index is 13.2. The van der Waals surface area contributed by atoms with E-state index in [-0.39, 0.29) is 30.9 Å². The molecule has 0 N–H and O–H groups in total. The van der Waals surface area contributed by atoms with E-state index in [2.05, 4.69) is 23.0 Å². The number of piperazine rings is 1. The van der Waals surface area contributed by atoms with Crippen LogP contribution in [0, 0.1) is 0 Å². The lowest BCUT2D eigenvalue weighted by atomic mass is 9.91. The smallest absolute Gasteiger partial charge is 0.410 e. The van der Waals surface area contributed by atoms with E-state index in [1.165, 1.54) is 5.56 Å². The van der Waals surface area contributed by atoms with Crippen molar-refractivity contribution in [1.29, 1.82) is 0 Å². The van der Waals surface area contributed by atoms with E-state index >= 15 is 0 Å². The van der Waals surface area contributed by atoms with Crippen LogP contribution in [-0.2, 0) is 22.5 Å². The summed E-state index contributed by atoms with van der Waals surface area (Å²) in [6.07, 6.45) is 4.30. The third-order valence-electron chi connectivity index (χ3n) is 6.77. The Bertz CT molecular complexity index is 1040. The molecule has 1 saturated heterocycles. The summed E-state index contributed by atoms with van der Waals surface area (Å²) in [6, 6.07) is 13.8. The molecule has 8 heteroatoms. The van der Waals surface area contributed by atoms with Crippen molar-refractivity contribution in [2.45, 2.75) is 64.3 Å². The highest BCUT2D eigenvalue weighted by atomic mass is 16.6. The Labute approximate surface area is 214 Å². The number of fused-ring (bicyclic) bond motifs is 1. The molecule has 2 aromatic rings. The third-order valence-corrected chi connectivity index (χ3v) is 6.77. The van der Waals surface area contributed by atoms with Gasteiger partial charge in [-0.05, 0) is 64.3 Å². The quantitative estimate of drug-likeness (QED) is 0.602. The minimum Gasteiger partial charge on any atom is -0.445 e. The van der Waals surface area contributed by atoms with Crippen LogP contribution in [-0.4, -0.2) is 76.7 Å². The molecular weight excluding hydrogens is 456 g/mol. The minimum absolute atomic E-state index is 0.175. The van der Waals surface area contributed by atoms with Crippen LogP contribution < -0.4 is 0 Å². The van der Waals surface area contributed by atoms with E-state index in [1.54, 1.807) is 9.80 Å². The van der Waals surface area contributed by atoms with Crippen molar-refractivity contribution in [2.75, 3.05) is 33.2 Å². The summed E-state index contributed by atoms with van der Waals surface area (Å²) in [7, 11) is 2.08. The number of carbonyl (C=O) groups excluding carboxylic acids is 2. The molecule has 194 valence electrons. The number of likely N-dealkylation sites (N-methyl/N-ethyl adjacent to an activating group) is 1. The van der Waals surface area contributed by atoms with Gasteiger partial charge in [-0.1, -0.05) is 36.4 Å². The summed E-state index contributed by atoms with van der Waals surface area (Å²) in [5.74, 6) is 0. The van der Waals surface area contributed by atoms with Crippen LogP contribution in [0.1, 0.15) is 56.5 Å². The van der Waals surface area contributed by atoms with Gasteiger partial charge in [-0.3, -0.25) is 9.88 Å². The first-order valence-corrected chi connectivity index (χ1v) is 12.8. The summed E-state index contributed by atoms with van der Waals surface area (Å²) in [4.78, 5) is 36.5. The zero-order valence-electron chi connectivity index (χ0n) is 21.9. The van der Waals surface area contributed by atoms with Crippen LogP contribution in [0.2, 0.25) is 0 Å². The molecule has 1 aromatic heterocycles. The lowest BCUT2D eigenvalue weighted by Gasteiger charge is -2.43. The number of aromatic nitrogens is 1. The average molecular weight is 495 g/mol. The molecule has 0 bridgehead atoms. The number of benzene rings is 1. The number of hydrogen-bond acceptors (Lipinski definition) is 6. The zero-order chi connectivity index (χ0) is 25.7. The van der Waals surface area contributed by atoms with Crippen LogP contribution in [0.4, 0.5) is 9.59 Å². The fraction of sp³-hybridized carbons (Fsp3) is 0.536. The summed E-state index contributed by atoms with van der Waals surface area (Å²) in [5, 5.41) is 0. The SMILES string of the molecule is CN(CC1CN(C(=O)OC(C)(C)C)CCN1C(=O)OCc1ccccc1)[C@H]1CCCc2cccnc21. The van der Waals surface area contributed by atoms with Gasteiger partial charge in [0.15, 0.2) is 0 Å². The predicted octanol–water partition coefficient (Wildman–Crippen LogP) is 4.65. The van der Waals surface area contributed by atoms with Crippen molar-refractivity contribution >= 4 is 12.2 Å². The van der Waals surface area contributed by atoms with Gasteiger partial charge in [0.2, 0.25) is 0 Å². The van der Waals surface area contributed by atoms with Crippen LogP contribution >= 0.6 is 0 Å². The predicted molar refractivity (Wildman–Crippen MR) is 137 cm³/mol. The Balaban J connectivity index is 1.48. The molecule has 1 unspecified atom stereocenters. The largest absolute Gasteiger partial charge is 0.445 e. The van der Waals surface area contributed by atoms with Crippen molar-refractivity contribution in [3.8, 4) is 0 Å². The number of aryl methyl sites for hydroxylation is 1. The van der Waals surface area contributed by atoms with Crippen LogP contribution in [0.25, 0.3) is 0 Å².